The van der Waals surface area contributed by atoms with Gasteiger partial charge in [0.1, 0.15) is 0 Å². The summed E-state index contributed by atoms with van der Waals surface area (Å²) in [7, 11) is 0. The zero-order valence-electron chi connectivity index (χ0n) is 15.1. The average molecular weight is 394 g/mol. The molecule has 2 aromatic carbocycles. The standard InChI is InChI=1S/C21H19N3OS2/c1-14(16-8-4-3-5-9-16)24-20(25)18-10-6-7-11-19(18)23-21(24)27-13-17-12-26-15(2)22-17/h3-12,14H,13H2,1-2H3/t14-/m1/s1. The van der Waals surface area contributed by atoms with Crippen LogP contribution in [0.2, 0.25) is 0 Å². The minimum atomic E-state index is -0.101. The molecule has 0 aliphatic heterocycles. The Kier molecular flexibility index (Phi) is 5.09. The van der Waals surface area contributed by atoms with Gasteiger partial charge in [0.15, 0.2) is 5.16 Å². The van der Waals surface area contributed by atoms with Crippen molar-refractivity contribution in [2.24, 2.45) is 0 Å². The predicted octanol–water partition coefficient (Wildman–Crippen LogP) is 5.06. The molecule has 2 aromatic heterocycles. The van der Waals surface area contributed by atoms with Crippen LogP contribution in [-0.4, -0.2) is 14.5 Å². The molecular weight excluding hydrogens is 374 g/mol. The molecule has 0 saturated carbocycles. The lowest BCUT2D eigenvalue weighted by molar-refractivity contribution is 0.548. The molecule has 27 heavy (non-hydrogen) atoms. The van der Waals surface area contributed by atoms with Crippen molar-refractivity contribution in [1.29, 1.82) is 0 Å². The maximum atomic E-state index is 13.3. The van der Waals surface area contributed by atoms with E-state index in [0.717, 1.165) is 26.9 Å². The monoisotopic (exact) mass is 393 g/mol. The van der Waals surface area contributed by atoms with E-state index in [0.29, 0.717) is 11.1 Å². The molecular formula is C21H19N3OS2. The minimum absolute atomic E-state index is 0.00564. The molecule has 0 spiro atoms. The molecule has 4 nitrogen and oxygen atoms in total. The topological polar surface area (TPSA) is 47.8 Å². The second-order valence-corrected chi connectivity index (χ2v) is 8.32. The van der Waals surface area contributed by atoms with Crippen molar-refractivity contribution in [1.82, 2.24) is 14.5 Å². The van der Waals surface area contributed by atoms with E-state index in [1.54, 1.807) is 23.1 Å². The molecule has 0 fully saturated rings. The number of fused-ring (bicyclic) bond motifs is 1. The van der Waals surface area contributed by atoms with Crippen LogP contribution in [0.4, 0.5) is 0 Å². The molecule has 4 aromatic rings. The van der Waals surface area contributed by atoms with Crippen LogP contribution in [-0.2, 0) is 5.75 Å². The van der Waals surface area contributed by atoms with E-state index in [1.165, 1.54) is 0 Å². The quantitative estimate of drug-likeness (QED) is 0.351. The third-order valence-corrected chi connectivity index (χ3v) is 6.27. The second-order valence-electron chi connectivity index (χ2n) is 6.32. The summed E-state index contributed by atoms with van der Waals surface area (Å²) >= 11 is 3.20. The third kappa shape index (κ3) is 3.68. The van der Waals surface area contributed by atoms with E-state index in [2.05, 4.69) is 10.4 Å². The Morgan fingerprint density at radius 3 is 2.56 bits per heavy atom. The number of aromatic nitrogens is 3. The Morgan fingerprint density at radius 1 is 1.07 bits per heavy atom. The van der Waals surface area contributed by atoms with Crippen LogP contribution >= 0.6 is 23.1 Å². The maximum Gasteiger partial charge on any atom is 0.262 e. The van der Waals surface area contributed by atoms with Crippen molar-refractivity contribution in [2.45, 2.75) is 30.8 Å². The van der Waals surface area contributed by atoms with Gasteiger partial charge in [-0.2, -0.15) is 0 Å². The highest BCUT2D eigenvalue weighted by atomic mass is 32.2. The van der Waals surface area contributed by atoms with Crippen molar-refractivity contribution < 1.29 is 0 Å². The van der Waals surface area contributed by atoms with E-state index in [-0.39, 0.29) is 11.6 Å². The normalized spacial score (nSPS) is 12.4. The molecule has 0 aliphatic rings. The number of benzene rings is 2. The Hall–Kier alpha value is -2.44. The fourth-order valence-electron chi connectivity index (χ4n) is 3.06. The van der Waals surface area contributed by atoms with Gasteiger partial charge in [0.25, 0.3) is 5.56 Å². The molecule has 0 unspecified atom stereocenters. The summed E-state index contributed by atoms with van der Waals surface area (Å²) in [6.45, 7) is 4.05. The highest BCUT2D eigenvalue weighted by Crippen LogP contribution is 2.27. The number of hydrogen-bond acceptors (Lipinski definition) is 5. The first kappa shape index (κ1) is 17.9. The van der Waals surface area contributed by atoms with Gasteiger partial charge in [-0.15, -0.1) is 11.3 Å². The molecule has 0 aliphatic carbocycles. The van der Waals surface area contributed by atoms with E-state index in [9.17, 15) is 4.79 Å². The summed E-state index contributed by atoms with van der Waals surface area (Å²) in [4.78, 5) is 22.6. The van der Waals surface area contributed by atoms with Gasteiger partial charge in [0, 0.05) is 11.1 Å². The van der Waals surface area contributed by atoms with Gasteiger partial charge in [-0.25, -0.2) is 9.97 Å². The molecule has 0 saturated heterocycles. The summed E-state index contributed by atoms with van der Waals surface area (Å²) in [5, 5.41) is 4.48. The SMILES string of the molecule is Cc1nc(CSc2nc3ccccc3c(=O)n2[C@H](C)c2ccccc2)cs1. The molecule has 6 heteroatoms. The Labute approximate surface area is 165 Å². The fraction of sp³-hybridized carbons (Fsp3) is 0.190. The van der Waals surface area contributed by atoms with Gasteiger partial charge in [-0.1, -0.05) is 54.2 Å². The molecule has 0 amide bonds. The van der Waals surface area contributed by atoms with Crippen LogP contribution in [0.3, 0.4) is 0 Å². The fourth-order valence-corrected chi connectivity index (χ4v) is 4.75. The van der Waals surface area contributed by atoms with Crippen LogP contribution < -0.4 is 5.56 Å². The van der Waals surface area contributed by atoms with Crippen LogP contribution in [0.5, 0.6) is 0 Å². The average Bonchev–Trinajstić information content (AvgIpc) is 3.12. The zero-order chi connectivity index (χ0) is 18.8. The Bertz CT molecular complexity index is 1140. The molecule has 1 atom stereocenters. The smallest absolute Gasteiger partial charge is 0.262 e. The van der Waals surface area contributed by atoms with Gasteiger partial charge < -0.3 is 0 Å². The van der Waals surface area contributed by atoms with Crippen LogP contribution in [0.25, 0.3) is 10.9 Å². The summed E-state index contributed by atoms with van der Waals surface area (Å²) < 4.78 is 1.81. The molecule has 136 valence electrons. The number of aryl methyl sites for hydroxylation is 1. The predicted molar refractivity (Wildman–Crippen MR) is 113 cm³/mol. The lowest BCUT2D eigenvalue weighted by Gasteiger charge is -2.19. The maximum absolute atomic E-state index is 13.3. The Morgan fingerprint density at radius 2 is 1.81 bits per heavy atom. The molecule has 4 rings (SSSR count). The first-order valence-corrected chi connectivity index (χ1v) is 10.6. The lowest BCUT2D eigenvalue weighted by Crippen LogP contribution is -2.27. The third-order valence-electron chi connectivity index (χ3n) is 4.46. The van der Waals surface area contributed by atoms with Crippen molar-refractivity contribution in [3.63, 3.8) is 0 Å². The van der Waals surface area contributed by atoms with Crippen molar-refractivity contribution >= 4 is 34.0 Å². The number of thioether (sulfide) groups is 1. The van der Waals surface area contributed by atoms with Crippen molar-refractivity contribution in [2.75, 3.05) is 0 Å². The van der Waals surface area contributed by atoms with Crippen LogP contribution in [0, 0.1) is 6.92 Å². The molecule has 0 radical (unpaired) electrons. The lowest BCUT2D eigenvalue weighted by atomic mass is 10.1. The van der Waals surface area contributed by atoms with Crippen LogP contribution in [0.15, 0.2) is 69.9 Å². The molecule has 0 bridgehead atoms. The minimum Gasteiger partial charge on any atom is -0.280 e. The first-order chi connectivity index (χ1) is 13.1. The summed E-state index contributed by atoms with van der Waals surface area (Å²) in [5.41, 5.74) is 2.83. The highest BCUT2D eigenvalue weighted by Gasteiger charge is 2.18. The first-order valence-electron chi connectivity index (χ1n) is 8.73. The zero-order valence-corrected chi connectivity index (χ0v) is 16.8. The summed E-state index contributed by atoms with van der Waals surface area (Å²) in [5.74, 6) is 0.691. The highest BCUT2D eigenvalue weighted by molar-refractivity contribution is 7.98. The molecule has 0 N–H and O–H groups in total. The number of rotatable bonds is 5. The van der Waals surface area contributed by atoms with Crippen LogP contribution in [0.1, 0.15) is 29.2 Å². The summed E-state index contributed by atoms with van der Waals surface area (Å²) in [6, 6.07) is 17.5. The van der Waals surface area contributed by atoms with E-state index in [1.807, 2.05) is 73.0 Å². The van der Waals surface area contributed by atoms with E-state index in [4.69, 9.17) is 4.98 Å². The number of para-hydroxylation sites is 1. The Balaban J connectivity index is 1.81. The van der Waals surface area contributed by atoms with Gasteiger partial charge in [-0.3, -0.25) is 9.36 Å². The van der Waals surface area contributed by atoms with E-state index >= 15 is 0 Å². The van der Waals surface area contributed by atoms with Gasteiger partial charge in [0.05, 0.1) is 27.6 Å². The number of thiazole rings is 1. The number of nitrogens with zero attached hydrogens (tertiary/aromatic N) is 3. The largest absolute Gasteiger partial charge is 0.280 e. The van der Waals surface area contributed by atoms with Gasteiger partial charge in [0.2, 0.25) is 0 Å². The summed E-state index contributed by atoms with van der Waals surface area (Å²) in [6.07, 6.45) is 0. The van der Waals surface area contributed by atoms with Gasteiger partial charge >= 0.3 is 0 Å². The van der Waals surface area contributed by atoms with Gasteiger partial charge in [-0.05, 0) is 31.5 Å². The van der Waals surface area contributed by atoms with Crippen molar-refractivity contribution in [3.05, 3.63) is 86.6 Å². The second kappa shape index (κ2) is 7.66. The van der Waals surface area contributed by atoms with Crippen molar-refractivity contribution in [3.8, 4) is 0 Å². The van der Waals surface area contributed by atoms with E-state index < -0.39 is 0 Å². The number of hydrogen-bond donors (Lipinski definition) is 0. The molecule has 2 heterocycles.